The predicted octanol–water partition coefficient (Wildman–Crippen LogP) is 3.54. The van der Waals surface area contributed by atoms with E-state index in [1.54, 1.807) is 43.5 Å². The van der Waals surface area contributed by atoms with Gasteiger partial charge < -0.3 is 14.2 Å². The Morgan fingerprint density at radius 3 is 2.45 bits per heavy atom. The molecule has 0 heterocycles. The van der Waals surface area contributed by atoms with Crippen molar-refractivity contribution in [2.24, 2.45) is 0 Å². The van der Waals surface area contributed by atoms with Gasteiger partial charge in [0.1, 0.15) is 12.5 Å². The zero-order valence-electron chi connectivity index (χ0n) is 12.4. The summed E-state index contributed by atoms with van der Waals surface area (Å²) in [6.45, 7) is 0.761. The molecular formula is C18H18O4. The Bertz CT molecular complexity index is 603. The van der Waals surface area contributed by atoms with Crippen molar-refractivity contribution in [3.8, 4) is 5.75 Å². The summed E-state index contributed by atoms with van der Waals surface area (Å²) in [6, 6.07) is 16.2. The van der Waals surface area contributed by atoms with E-state index in [1.807, 2.05) is 30.4 Å². The molecule has 0 aromatic heterocycles. The second kappa shape index (κ2) is 8.77. The number of benzene rings is 2. The number of esters is 1. The first-order valence-electron chi connectivity index (χ1n) is 6.90. The van der Waals surface area contributed by atoms with Crippen LogP contribution >= 0.6 is 0 Å². The highest BCUT2D eigenvalue weighted by molar-refractivity contribution is 5.90. The monoisotopic (exact) mass is 298 g/mol. The van der Waals surface area contributed by atoms with Gasteiger partial charge in [-0.1, -0.05) is 42.5 Å². The normalized spacial score (nSPS) is 10.8. The van der Waals surface area contributed by atoms with Crippen LogP contribution in [0, 0.1) is 0 Å². The first kappa shape index (κ1) is 15.9. The molecule has 0 atom stereocenters. The van der Waals surface area contributed by atoms with Crippen LogP contribution < -0.4 is 4.74 Å². The molecule has 0 aliphatic carbocycles. The van der Waals surface area contributed by atoms with Crippen molar-refractivity contribution in [2.45, 2.75) is 0 Å². The molecule has 0 aliphatic heterocycles. The highest BCUT2D eigenvalue weighted by atomic mass is 16.7. The molecule has 22 heavy (non-hydrogen) atoms. The predicted molar refractivity (Wildman–Crippen MR) is 84.7 cm³/mol. The molecule has 0 amide bonds. The Hall–Kier alpha value is -2.43. The molecule has 114 valence electrons. The summed E-state index contributed by atoms with van der Waals surface area (Å²) in [5.74, 6) is 0.151. The summed E-state index contributed by atoms with van der Waals surface area (Å²) < 4.78 is 15.2. The van der Waals surface area contributed by atoms with Gasteiger partial charge in [0.15, 0.2) is 0 Å². The van der Waals surface area contributed by atoms with E-state index < -0.39 is 0 Å². The maximum absolute atomic E-state index is 11.9. The van der Waals surface area contributed by atoms with Crippen molar-refractivity contribution < 1.29 is 19.0 Å². The van der Waals surface area contributed by atoms with Crippen molar-refractivity contribution in [3.05, 3.63) is 71.8 Å². The molecule has 0 unspecified atom stereocenters. The van der Waals surface area contributed by atoms with Gasteiger partial charge in [-0.05, 0) is 29.8 Å². The zero-order chi connectivity index (χ0) is 15.6. The van der Waals surface area contributed by atoms with Crippen molar-refractivity contribution in [1.29, 1.82) is 0 Å². The third-order valence-electron chi connectivity index (χ3n) is 2.83. The number of carbonyl (C=O) groups excluding carboxylic acids is 1. The minimum absolute atomic E-state index is 0.277. The van der Waals surface area contributed by atoms with Gasteiger partial charge in [-0.15, -0.1) is 0 Å². The third-order valence-corrected chi connectivity index (χ3v) is 2.83. The lowest BCUT2D eigenvalue weighted by Gasteiger charge is -2.04. The Balaban J connectivity index is 1.88. The number of hydrogen-bond donors (Lipinski definition) is 0. The first-order valence-corrected chi connectivity index (χ1v) is 6.90. The fourth-order valence-corrected chi connectivity index (χ4v) is 1.77. The number of carbonyl (C=O) groups is 1. The third kappa shape index (κ3) is 5.16. The molecule has 0 radical (unpaired) electrons. The van der Waals surface area contributed by atoms with E-state index in [1.165, 1.54) is 0 Å². The van der Waals surface area contributed by atoms with Crippen LogP contribution in [0.25, 0.3) is 6.08 Å². The van der Waals surface area contributed by atoms with Crippen molar-refractivity contribution in [1.82, 2.24) is 0 Å². The van der Waals surface area contributed by atoms with E-state index >= 15 is 0 Å². The summed E-state index contributed by atoms with van der Waals surface area (Å²) in [7, 11) is 1.58. The quantitative estimate of drug-likeness (QED) is 0.339. The summed E-state index contributed by atoms with van der Waals surface area (Å²) in [5, 5.41) is 0. The molecule has 0 saturated carbocycles. The van der Waals surface area contributed by atoms with Gasteiger partial charge in [0, 0.05) is 7.11 Å². The SMILES string of the molecule is COCOC/C=C/c1ccc(OC(=O)c2ccccc2)cc1. The van der Waals surface area contributed by atoms with Crippen molar-refractivity contribution >= 4 is 12.0 Å². The lowest BCUT2D eigenvalue weighted by atomic mass is 10.2. The fourth-order valence-electron chi connectivity index (χ4n) is 1.77. The zero-order valence-corrected chi connectivity index (χ0v) is 12.4. The van der Waals surface area contributed by atoms with Crippen LogP contribution in [-0.2, 0) is 9.47 Å². The molecule has 0 spiro atoms. The van der Waals surface area contributed by atoms with E-state index in [2.05, 4.69) is 0 Å². The number of ether oxygens (including phenoxy) is 3. The second-order valence-electron chi connectivity index (χ2n) is 4.50. The summed E-state index contributed by atoms with van der Waals surface area (Å²) in [5.41, 5.74) is 1.53. The smallest absolute Gasteiger partial charge is 0.343 e. The second-order valence-corrected chi connectivity index (χ2v) is 4.50. The molecule has 0 bridgehead atoms. The molecule has 0 aliphatic rings. The summed E-state index contributed by atoms with van der Waals surface area (Å²) >= 11 is 0. The van der Waals surface area contributed by atoms with Gasteiger partial charge in [0.25, 0.3) is 0 Å². The van der Waals surface area contributed by atoms with Crippen LogP contribution in [-0.4, -0.2) is 26.5 Å². The van der Waals surface area contributed by atoms with Gasteiger partial charge in [-0.25, -0.2) is 4.79 Å². The molecule has 2 rings (SSSR count). The molecule has 0 saturated heterocycles. The van der Waals surface area contributed by atoms with E-state index in [0.717, 1.165) is 5.56 Å². The molecular weight excluding hydrogens is 280 g/mol. The molecule has 2 aromatic rings. The van der Waals surface area contributed by atoms with Crippen LogP contribution in [0.2, 0.25) is 0 Å². The standard InChI is InChI=1S/C18H18O4/c1-20-14-21-13-5-6-15-9-11-17(12-10-15)22-18(19)16-7-3-2-4-8-16/h2-12H,13-14H2,1H3/b6-5+. The number of hydrogen-bond acceptors (Lipinski definition) is 4. The van der Waals surface area contributed by atoms with Crippen LogP contribution in [0.4, 0.5) is 0 Å². The Morgan fingerprint density at radius 1 is 1.05 bits per heavy atom. The van der Waals surface area contributed by atoms with Gasteiger partial charge in [0.2, 0.25) is 0 Å². The van der Waals surface area contributed by atoms with Crippen LogP contribution in [0.15, 0.2) is 60.7 Å². The first-order chi connectivity index (χ1) is 10.8. The van der Waals surface area contributed by atoms with E-state index in [0.29, 0.717) is 17.9 Å². The maximum Gasteiger partial charge on any atom is 0.343 e. The highest BCUT2D eigenvalue weighted by Gasteiger charge is 2.06. The van der Waals surface area contributed by atoms with Crippen LogP contribution in [0.1, 0.15) is 15.9 Å². The molecule has 0 fully saturated rings. The average Bonchev–Trinajstić information content (AvgIpc) is 2.57. The van der Waals surface area contributed by atoms with Gasteiger partial charge >= 0.3 is 5.97 Å². The molecule has 0 N–H and O–H groups in total. The van der Waals surface area contributed by atoms with Gasteiger partial charge in [-0.2, -0.15) is 0 Å². The van der Waals surface area contributed by atoms with Crippen molar-refractivity contribution in [2.75, 3.05) is 20.5 Å². The summed E-state index contributed by atoms with van der Waals surface area (Å²) in [4.78, 5) is 11.9. The minimum Gasteiger partial charge on any atom is -0.423 e. The van der Waals surface area contributed by atoms with Crippen LogP contribution in [0.3, 0.4) is 0 Å². The topological polar surface area (TPSA) is 44.8 Å². The molecule has 2 aromatic carbocycles. The van der Waals surface area contributed by atoms with E-state index in [4.69, 9.17) is 14.2 Å². The Labute approximate surface area is 129 Å². The number of rotatable bonds is 7. The van der Waals surface area contributed by atoms with Crippen molar-refractivity contribution in [3.63, 3.8) is 0 Å². The Morgan fingerprint density at radius 2 is 1.77 bits per heavy atom. The van der Waals surface area contributed by atoms with Crippen LogP contribution in [0.5, 0.6) is 5.75 Å². The maximum atomic E-state index is 11.9. The number of methoxy groups -OCH3 is 1. The van der Waals surface area contributed by atoms with E-state index in [-0.39, 0.29) is 12.8 Å². The van der Waals surface area contributed by atoms with Gasteiger partial charge in [-0.3, -0.25) is 0 Å². The summed E-state index contributed by atoms with van der Waals surface area (Å²) in [6.07, 6.45) is 3.82. The highest BCUT2D eigenvalue weighted by Crippen LogP contribution is 2.15. The largest absolute Gasteiger partial charge is 0.423 e. The average molecular weight is 298 g/mol. The lowest BCUT2D eigenvalue weighted by Crippen LogP contribution is -2.07. The lowest BCUT2D eigenvalue weighted by molar-refractivity contribution is -0.0184. The minimum atomic E-state index is -0.364. The fraction of sp³-hybridized carbons (Fsp3) is 0.167. The van der Waals surface area contributed by atoms with E-state index in [9.17, 15) is 4.79 Å². The molecule has 4 heteroatoms. The Kier molecular flexibility index (Phi) is 6.36. The molecule has 4 nitrogen and oxygen atoms in total. The van der Waals surface area contributed by atoms with Gasteiger partial charge in [0.05, 0.1) is 12.2 Å².